The van der Waals surface area contributed by atoms with E-state index in [1.807, 2.05) is 19.1 Å². The van der Waals surface area contributed by atoms with Crippen molar-refractivity contribution in [2.24, 2.45) is 5.92 Å². The molecule has 0 saturated carbocycles. The Morgan fingerprint density at radius 2 is 1.96 bits per heavy atom. The number of aromatic nitrogens is 3. The largest absolute Gasteiger partial charge is 0.497 e. The maximum Gasteiger partial charge on any atom is 0.230 e. The Balaban J connectivity index is 1.77. The Labute approximate surface area is 163 Å². The Morgan fingerprint density at radius 1 is 1.26 bits per heavy atom. The van der Waals surface area contributed by atoms with Gasteiger partial charge in [-0.2, -0.15) is 4.52 Å². The van der Waals surface area contributed by atoms with E-state index in [9.17, 15) is 5.11 Å². The van der Waals surface area contributed by atoms with E-state index in [0.29, 0.717) is 0 Å². The van der Waals surface area contributed by atoms with Gasteiger partial charge in [0.15, 0.2) is 5.82 Å². The van der Waals surface area contributed by atoms with Crippen molar-refractivity contribution in [3.63, 3.8) is 0 Å². The van der Waals surface area contributed by atoms with Crippen LogP contribution in [-0.2, 0) is 6.42 Å². The molecule has 1 saturated heterocycles. The summed E-state index contributed by atoms with van der Waals surface area (Å²) in [5.74, 6) is 2.56. The Morgan fingerprint density at radius 3 is 2.56 bits per heavy atom. The van der Waals surface area contributed by atoms with Crippen LogP contribution in [0.4, 0.5) is 0 Å². The molecule has 3 aromatic rings. The Hall–Kier alpha value is -2.12. The summed E-state index contributed by atoms with van der Waals surface area (Å²) >= 11 is 1.53. The summed E-state index contributed by atoms with van der Waals surface area (Å²) in [6.07, 6.45) is 3.11. The van der Waals surface area contributed by atoms with Crippen LogP contribution in [0.5, 0.6) is 11.6 Å². The minimum Gasteiger partial charge on any atom is -0.497 e. The SMILES string of the molecule is CCc1nc2sc([C@H](c3ccc(OC)cc3)N3CCC(C)CC3)c(O)n2n1. The van der Waals surface area contributed by atoms with Crippen LogP contribution < -0.4 is 4.74 Å². The fourth-order valence-corrected chi connectivity index (χ4v) is 4.86. The lowest BCUT2D eigenvalue weighted by molar-refractivity contribution is 0.157. The topological polar surface area (TPSA) is 62.9 Å². The van der Waals surface area contributed by atoms with E-state index in [2.05, 4.69) is 34.0 Å². The molecule has 144 valence electrons. The molecule has 1 N–H and O–H groups in total. The van der Waals surface area contributed by atoms with Crippen molar-refractivity contribution in [1.82, 2.24) is 19.5 Å². The summed E-state index contributed by atoms with van der Waals surface area (Å²) < 4.78 is 6.90. The predicted octanol–water partition coefficient (Wildman–Crippen LogP) is 3.89. The van der Waals surface area contributed by atoms with Gasteiger partial charge >= 0.3 is 0 Å². The standard InChI is InChI=1S/C20H26N4O2S/c1-4-16-21-20-24(22-16)19(25)18(27-20)17(23-11-9-13(2)10-12-23)14-5-7-15(26-3)8-6-14/h5-8,13,17,25H,4,9-12H2,1-3H3/t17-/m0/s1. The average molecular weight is 387 g/mol. The molecule has 6 nitrogen and oxygen atoms in total. The molecule has 3 heterocycles. The highest BCUT2D eigenvalue weighted by molar-refractivity contribution is 7.17. The third-order valence-electron chi connectivity index (χ3n) is 5.42. The Kier molecular flexibility index (Phi) is 5.06. The summed E-state index contributed by atoms with van der Waals surface area (Å²) in [7, 11) is 1.68. The number of benzene rings is 1. The first-order valence-corrected chi connectivity index (χ1v) is 10.4. The second-order valence-corrected chi connectivity index (χ2v) is 8.27. The van der Waals surface area contributed by atoms with Crippen molar-refractivity contribution in [2.75, 3.05) is 20.2 Å². The first-order chi connectivity index (χ1) is 13.1. The van der Waals surface area contributed by atoms with Crippen LogP contribution in [0.15, 0.2) is 24.3 Å². The van der Waals surface area contributed by atoms with Crippen LogP contribution in [0.25, 0.3) is 4.96 Å². The molecule has 0 amide bonds. The van der Waals surface area contributed by atoms with Crippen LogP contribution in [0.1, 0.15) is 49.0 Å². The molecule has 1 aliphatic heterocycles. The van der Waals surface area contributed by atoms with E-state index in [1.54, 1.807) is 11.6 Å². The highest BCUT2D eigenvalue weighted by Crippen LogP contribution is 2.41. The second kappa shape index (κ2) is 7.48. The van der Waals surface area contributed by atoms with Crippen LogP contribution in [0.2, 0.25) is 0 Å². The quantitative estimate of drug-likeness (QED) is 0.721. The summed E-state index contributed by atoms with van der Waals surface area (Å²) in [5, 5.41) is 15.4. The maximum absolute atomic E-state index is 10.9. The molecule has 7 heteroatoms. The van der Waals surface area contributed by atoms with Crippen molar-refractivity contribution in [2.45, 2.75) is 39.2 Å². The molecule has 1 atom stereocenters. The van der Waals surface area contributed by atoms with Gasteiger partial charge in [0.2, 0.25) is 10.8 Å². The van der Waals surface area contributed by atoms with Gasteiger partial charge in [-0.3, -0.25) is 4.90 Å². The van der Waals surface area contributed by atoms with E-state index in [-0.39, 0.29) is 11.9 Å². The van der Waals surface area contributed by atoms with Gasteiger partial charge in [-0.1, -0.05) is 37.3 Å². The van der Waals surface area contributed by atoms with Crippen LogP contribution in [-0.4, -0.2) is 44.8 Å². The number of likely N-dealkylation sites (tertiary alicyclic amines) is 1. The van der Waals surface area contributed by atoms with Gasteiger partial charge in [0, 0.05) is 6.42 Å². The van der Waals surface area contributed by atoms with Crippen molar-refractivity contribution < 1.29 is 9.84 Å². The monoisotopic (exact) mass is 386 g/mol. The summed E-state index contributed by atoms with van der Waals surface area (Å²) in [6, 6.07) is 8.15. The molecule has 2 aromatic heterocycles. The zero-order valence-electron chi connectivity index (χ0n) is 16.1. The molecule has 1 fully saturated rings. The third kappa shape index (κ3) is 3.41. The zero-order valence-corrected chi connectivity index (χ0v) is 16.9. The summed E-state index contributed by atoms with van der Waals surface area (Å²) in [5.41, 5.74) is 1.15. The highest BCUT2D eigenvalue weighted by atomic mass is 32.1. The fourth-order valence-electron chi connectivity index (χ4n) is 3.72. The minimum atomic E-state index is 0.00184. The van der Waals surface area contributed by atoms with Gasteiger partial charge in [-0.05, 0) is 49.5 Å². The van der Waals surface area contributed by atoms with Crippen molar-refractivity contribution in [3.8, 4) is 11.6 Å². The van der Waals surface area contributed by atoms with Crippen molar-refractivity contribution >= 4 is 16.3 Å². The normalized spacial score (nSPS) is 17.4. The number of aromatic hydroxyl groups is 1. The second-order valence-electron chi connectivity index (χ2n) is 7.26. The number of hydrogen-bond acceptors (Lipinski definition) is 6. The summed E-state index contributed by atoms with van der Waals surface area (Å²) in [6.45, 7) is 6.37. The van der Waals surface area contributed by atoms with Gasteiger partial charge in [0.25, 0.3) is 0 Å². The van der Waals surface area contributed by atoms with Gasteiger partial charge in [0.05, 0.1) is 18.0 Å². The van der Waals surface area contributed by atoms with Crippen molar-refractivity contribution in [3.05, 3.63) is 40.5 Å². The van der Waals surface area contributed by atoms with E-state index >= 15 is 0 Å². The lowest BCUT2D eigenvalue weighted by Crippen LogP contribution is -2.36. The number of hydrogen-bond donors (Lipinski definition) is 1. The highest BCUT2D eigenvalue weighted by Gasteiger charge is 2.31. The number of rotatable bonds is 5. The molecule has 0 radical (unpaired) electrons. The molecule has 1 aliphatic rings. The van der Waals surface area contributed by atoms with Gasteiger partial charge < -0.3 is 9.84 Å². The van der Waals surface area contributed by atoms with E-state index in [1.165, 1.54) is 24.2 Å². The van der Waals surface area contributed by atoms with E-state index in [0.717, 1.165) is 52.4 Å². The molecule has 0 spiro atoms. The predicted molar refractivity (Wildman–Crippen MR) is 107 cm³/mol. The molecule has 0 aliphatic carbocycles. The smallest absolute Gasteiger partial charge is 0.230 e. The van der Waals surface area contributed by atoms with Crippen molar-refractivity contribution in [1.29, 1.82) is 0 Å². The summed E-state index contributed by atoms with van der Waals surface area (Å²) in [4.78, 5) is 8.67. The Bertz CT molecular complexity index is 910. The van der Waals surface area contributed by atoms with Crippen LogP contribution in [0.3, 0.4) is 0 Å². The molecular formula is C20H26N4O2S. The zero-order chi connectivity index (χ0) is 19.0. The maximum atomic E-state index is 10.9. The van der Waals surface area contributed by atoms with Gasteiger partial charge in [0.1, 0.15) is 5.75 Å². The molecule has 0 bridgehead atoms. The molecule has 4 rings (SSSR count). The first-order valence-electron chi connectivity index (χ1n) is 9.56. The number of nitrogens with zero attached hydrogens (tertiary/aromatic N) is 4. The van der Waals surface area contributed by atoms with E-state index in [4.69, 9.17) is 4.74 Å². The van der Waals surface area contributed by atoms with E-state index < -0.39 is 0 Å². The number of thiazole rings is 1. The molecule has 27 heavy (non-hydrogen) atoms. The number of ether oxygens (including phenoxy) is 1. The average Bonchev–Trinajstić information content (AvgIpc) is 3.23. The number of methoxy groups -OCH3 is 1. The minimum absolute atomic E-state index is 0.00184. The lowest BCUT2D eigenvalue weighted by Gasteiger charge is -2.36. The number of fused-ring (bicyclic) bond motifs is 1. The molecule has 0 unspecified atom stereocenters. The number of aryl methyl sites for hydroxylation is 1. The fraction of sp³-hybridized carbons (Fsp3) is 0.500. The van der Waals surface area contributed by atoms with Crippen LogP contribution in [0, 0.1) is 5.92 Å². The van der Waals surface area contributed by atoms with Gasteiger partial charge in [-0.25, -0.2) is 4.98 Å². The molecular weight excluding hydrogens is 360 g/mol. The first kappa shape index (κ1) is 18.3. The number of piperidine rings is 1. The lowest BCUT2D eigenvalue weighted by atomic mass is 9.95. The van der Waals surface area contributed by atoms with Gasteiger partial charge in [-0.15, -0.1) is 5.10 Å². The molecule has 1 aromatic carbocycles. The van der Waals surface area contributed by atoms with Crippen LogP contribution >= 0.6 is 11.3 Å². The third-order valence-corrected chi connectivity index (χ3v) is 6.50.